The summed E-state index contributed by atoms with van der Waals surface area (Å²) >= 11 is 0. The summed E-state index contributed by atoms with van der Waals surface area (Å²) in [5, 5.41) is 0. The van der Waals surface area contributed by atoms with Crippen LogP contribution in [-0.4, -0.2) is 30.0 Å². The van der Waals surface area contributed by atoms with Gasteiger partial charge in [-0.2, -0.15) is 0 Å². The number of hydrogen-bond acceptors (Lipinski definition) is 3. The second kappa shape index (κ2) is 5.82. The van der Waals surface area contributed by atoms with Crippen molar-refractivity contribution in [3.63, 3.8) is 0 Å². The van der Waals surface area contributed by atoms with Gasteiger partial charge < -0.3 is 14.1 Å². The number of rotatable bonds is 3. The van der Waals surface area contributed by atoms with Gasteiger partial charge in [0.1, 0.15) is 11.9 Å². The van der Waals surface area contributed by atoms with E-state index in [9.17, 15) is 4.79 Å². The first-order valence-electron chi connectivity index (χ1n) is 6.87. The molecule has 1 aromatic heterocycles. The van der Waals surface area contributed by atoms with E-state index in [0.29, 0.717) is 18.8 Å². The van der Waals surface area contributed by atoms with Gasteiger partial charge in [0.2, 0.25) is 0 Å². The van der Waals surface area contributed by atoms with Gasteiger partial charge in [-0.3, -0.25) is 4.79 Å². The predicted molar refractivity (Wildman–Crippen MR) is 74.7 cm³/mol. The zero-order valence-electron chi connectivity index (χ0n) is 11.2. The van der Waals surface area contributed by atoms with E-state index in [1.165, 1.54) is 6.26 Å². The Morgan fingerprint density at radius 3 is 2.50 bits per heavy atom. The number of hydrogen-bond donors (Lipinski definition) is 0. The normalized spacial score (nSPS) is 16.1. The molecule has 0 spiro atoms. The first kappa shape index (κ1) is 12.8. The second-order valence-electron chi connectivity index (χ2n) is 4.90. The lowest BCUT2D eigenvalue weighted by atomic mass is 10.1. The third kappa shape index (κ3) is 2.85. The molecule has 0 saturated carbocycles. The number of benzene rings is 1. The molecule has 0 atom stereocenters. The van der Waals surface area contributed by atoms with E-state index < -0.39 is 0 Å². The highest BCUT2D eigenvalue weighted by Gasteiger charge is 2.25. The smallest absolute Gasteiger partial charge is 0.289 e. The molecule has 1 saturated heterocycles. The second-order valence-corrected chi connectivity index (χ2v) is 4.90. The Morgan fingerprint density at radius 1 is 1.10 bits per heavy atom. The quantitative estimate of drug-likeness (QED) is 0.862. The van der Waals surface area contributed by atoms with Gasteiger partial charge in [-0.05, 0) is 24.3 Å². The molecule has 2 heterocycles. The van der Waals surface area contributed by atoms with E-state index in [2.05, 4.69) is 0 Å². The molecule has 0 bridgehead atoms. The van der Waals surface area contributed by atoms with Crippen LogP contribution < -0.4 is 4.74 Å². The number of piperidine rings is 1. The fourth-order valence-electron chi connectivity index (χ4n) is 2.42. The molecule has 1 aliphatic rings. The van der Waals surface area contributed by atoms with E-state index >= 15 is 0 Å². The van der Waals surface area contributed by atoms with Crippen LogP contribution in [0.2, 0.25) is 0 Å². The molecular formula is C16H17NO3. The number of nitrogens with zero attached hydrogens (tertiary/aromatic N) is 1. The largest absolute Gasteiger partial charge is 0.490 e. The summed E-state index contributed by atoms with van der Waals surface area (Å²) in [6.07, 6.45) is 3.40. The third-order valence-electron chi connectivity index (χ3n) is 3.51. The van der Waals surface area contributed by atoms with Crippen molar-refractivity contribution in [2.45, 2.75) is 18.9 Å². The lowest BCUT2D eigenvalue weighted by Crippen LogP contribution is -2.41. The lowest BCUT2D eigenvalue weighted by molar-refractivity contribution is 0.0567. The van der Waals surface area contributed by atoms with Gasteiger partial charge in [-0.15, -0.1) is 0 Å². The SMILES string of the molecule is O=C(c1ccco1)N1CCC(Oc2ccccc2)CC1. The minimum absolute atomic E-state index is 0.0341. The highest BCUT2D eigenvalue weighted by molar-refractivity contribution is 5.91. The summed E-state index contributed by atoms with van der Waals surface area (Å²) in [7, 11) is 0. The van der Waals surface area contributed by atoms with Crippen LogP contribution in [0.3, 0.4) is 0 Å². The molecule has 104 valence electrons. The van der Waals surface area contributed by atoms with Crippen molar-refractivity contribution in [1.29, 1.82) is 0 Å². The van der Waals surface area contributed by atoms with E-state index in [1.54, 1.807) is 12.1 Å². The van der Waals surface area contributed by atoms with Crippen LogP contribution in [0.25, 0.3) is 0 Å². The minimum atomic E-state index is -0.0341. The van der Waals surface area contributed by atoms with Gasteiger partial charge in [0.25, 0.3) is 5.91 Å². The Balaban J connectivity index is 1.53. The number of carbonyl (C=O) groups excluding carboxylic acids is 1. The Kier molecular flexibility index (Phi) is 3.72. The average Bonchev–Trinajstić information content (AvgIpc) is 3.03. The number of furan rings is 1. The molecular weight excluding hydrogens is 254 g/mol. The van der Waals surface area contributed by atoms with Crippen LogP contribution in [0.4, 0.5) is 0 Å². The molecule has 0 unspecified atom stereocenters. The number of para-hydroxylation sites is 1. The molecule has 1 aliphatic heterocycles. The fourth-order valence-corrected chi connectivity index (χ4v) is 2.42. The molecule has 2 aromatic rings. The van der Waals surface area contributed by atoms with Gasteiger partial charge in [-0.25, -0.2) is 0 Å². The minimum Gasteiger partial charge on any atom is -0.490 e. The first-order chi connectivity index (χ1) is 9.83. The van der Waals surface area contributed by atoms with Crippen LogP contribution in [0, 0.1) is 0 Å². The van der Waals surface area contributed by atoms with Crippen LogP contribution in [0.5, 0.6) is 5.75 Å². The van der Waals surface area contributed by atoms with E-state index in [4.69, 9.17) is 9.15 Å². The summed E-state index contributed by atoms with van der Waals surface area (Å²) in [6, 6.07) is 13.3. The van der Waals surface area contributed by atoms with Crippen LogP contribution in [0.15, 0.2) is 53.1 Å². The van der Waals surface area contributed by atoms with Crippen molar-refractivity contribution in [2.24, 2.45) is 0 Å². The predicted octanol–water partition coefficient (Wildman–Crippen LogP) is 2.96. The van der Waals surface area contributed by atoms with E-state index in [1.807, 2.05) is 35.2 Å². The molecule has 0 aliphatic carbocycles. The maximum atomic E-state index is 12.1. The molecule has 0 radical (unpaired) electrons. The molecule has 0 N–H and O–H groups in total. The Hall–Kier alpha value is -2.23. The number of amides is 1. The maximum absolute atomic E-state index is 12.1. The van der Waals surface area contributed by atoms with Crippen molar-refractivity contribution < 1.29 is 13.9 Å². The fraction of sp³-hybridized carbons (Fsp3) is 0.312. The number of ether oxygens (including phenoxy) is 1. The zero-order chi connectivity index (χ0) is 13.8. The standard InChI is InChI=1S/C16H17NO3/c18-16(15-7-4-12-19-15)17-10-8-14(9-11-17)20-13-5-2-1-3-6-13/h1-7,12,14H,8-11H2. The highest BCUT2D eigenvalue weighted by Crippen LogP contribution is 2.19. The van der Waals surface area contributed by atoms with Crippen molar-refractivity contribution in [3.05, 3.63) is 54.5 Å². The van der Waals surface area contributed by atoms with Crippen LogP contribution >= 0.6 is 0 Å². The first-order valence-corrected chi connectivity index (χ1v) is 6.87. The topological polar surface area (TPSA) is 42.7 Å². The lowest BCUT2D eigenvalue weighted by Gasteiger charge is -2.31. The van der Waals surface area contributed by atoms with Gasteiger partial charge in [0.05, 0.1) is 6.26 Å². The summed E-state index contributed by atoms with van der Waals surface area (Å²) in [5.74, 6) is 1.27. The van der Waals surface area contributed by atoms with E-state index in [0.717, 1.165) is 18.6 Å². The molecule has 4 nitrogen and oxygen atoms in total. The third-order valence-corrected chi connectivity index (χ3v) is 3.51. The Labute approximate surface area is 118 Å². The van der Waals surface area contributed by atoms with Crippen LogP contribution in [-0.2, 0) is 0 Å². The summed E-state index contributed by atoms with van der Waals surface area (Å²) in [5.41, 5.74) is 0. The van der Waals surface area contributed by atoms with Gasteiger partial charge in [0, 0.05) is 25.9 Å². The molecule has 1 amide bonds. The van der Waals surface area contributed by atoms with Crippen LogP contribution in [0.1, 0.15) is 23.4 Å². The summed E-state index contributed by atoms with van der Waals surface area (Å²) in [6.45, 7) is 1.41. The molecule has 1 fully saturated rings. The van der Waals surface area contributed by atoms with E-state index in [-0.39, 0.29) is 12.0 Å². The Morgan fingerprint density at radius 2 is 1.85 bits per heavy atom. The number of carbonyl (C=O) groups is 1. The van der Waals surface area contributed by atoms with Crippen molar-refractivity contribution in [1.82, 2.24) is 4.90 Å². The highest BCUT2D eigenvalue weighted by atomic mass is 16.5. The van der Waals surface area contributed by atoms with Gasteiger partial charge in [-0.1, -0.05) is 18.2 Å². The maximum Gasteiger partial charge on any atom is 0.289 e. The average molecular weight is 271 g/mol. The molecule has 3 rings (SSSR count). The monoisotopic (exact) mass is 271 g/mol. The summed E-state index contributed by atoms with van der Waals surface area (Å²) < 4.78 is 11.1. The Bertz CT molecular complexity index is 542. The van der Waals surface area contributed by atoms with Crippen molar-refractivity contribution in [2.75, 3.05) is 13.1 Å². The number of likely N-dealkylation sites (tertiary alicyclic amines) is 1. The summed E-state index contributed by atoms with van der Waals surface area (Å²) in [4.78, 5) is 13.9. The molecule has 4 heteroatoms. The van der Waals surface area contributed by atoms with Crippen molar-refractivity contribution in [3.8, 4) is 5.75 Å². The van der Waals surface area contributed by atoms with Gasteiger partial charge >= 0.3 is 0 Å². The molecule has 1 aromatic carbocycles. The zero-order valence-corrected chi connectivity index (χ0v) is 11.2. The van der Waals surface area contributed by atoms with Crippen molar-refractivity contribution >= 4 is 5.91 Å². The molecule has 20 heavy (non-hydrogen) atoms. The van der Waals surface area contributed by atoms with Gasteiger partial charge in [0.15, 0.2) is 5.76 Å².